The second-order valence-electron chi connectivity index (χ2n) is 5.65. The second kappa shape index (κ2) is 9.32. The Morgan fingerprint density at radius 1 is 1.42 bits per heavy atom. The fraction of sp³-hybridized carbons (Fsp3) is 0.933. The van der Waals surface area contributed by atoms with E-state index in [2.05, 4.69) is 29.4 Å². The molecule has 1 heterocycles. The van der Waals surface area contributed by atoms with Crippen molar-refractivity contribution in [3.05, 3.63) is 0 Å². The van der Waals surface area contributed by atoms with Crippen LogP contribution in [0.25, 0.3) is 0 Å². The smallest absolute Gasteiger partial charge is 0.221 e. The van der Waals surface area contributed by atoms with Gasteiger partial charge in [0.25, 0.3) is 0 Å². The number of carbonyl (C=O) groups excluding carboxylic acids is 1. The molecule has 1 fully saturated rings. The first-order valence-electron chi connectivity index (χ1n) is 7.89. The molecule has 0 saturated carbocycles. The number of piperidine rings is 1. The van der Waals surface area contributed by atoms with E-state index in [9.17, 15) is 4.79 Å². The van der Waals surface area contributed by atoms with Crippen molar-refractivity contribution in [2.24, 2.45) is 5.92 Å². The van der Waals surface area contributed by atoms with Crippen molar-refractivity contribution in [3.8, 4) is 0 Å². The first-order valence-corrected chi connectivity index (χ1v) is 7.89. The van der Waals surface area contributed by atoms with Gasteiger partial charge in [0.15, 0.2) is 0 Å². The van der Waals surface area contributed by atoms with Gasteiger partial charge >= 0.3 is 0 Å². The van der Waals surface area contributed by atoms with Gasteiger partial charge in [-0.05, 0) is 52.1 Å². The van der Waals surface area contributed by atoms with Crippen LogP contribution >= 0.6 is 0 Å². The van der Waals surface area contributed by atoms with Crippen LogP contribution in [0, 0.1) is 5.92 Å². The highest BCUT2D eigenvalue weighted by atomic mass is 16.1. The molecule has 0 bridgehead atoms. The lowest BCUT2D eigenvalue weighted by Gasteiger charge is -2.36. The normalized spacial score (nSPS) is 22.2. The Labute approximate surface area is 118 Å². The van der Waals surface area contributed by atoms with Gasteiger partial charge in [0.05, 0.1) is 0 Å². The number of likely N-dealkylation sites (tertiary alicyclic amines) is 1. The maximum atomic E-state index is 11.5. The van der Waals surface area contributed by atoms with Crippen LogP contribution in [-0.2, 0) is 4.79 Å². The number of nitrogens with one attached hydrogen (secondary N) is 2. The van der Waals surface area contributed by atoms with Crippen molar-refractivity contribution >= 4 is 5.91 Å². The third-order valence-electron chi connectivity index (χ3n) is 3.99. The van der Waals surface area contributed by atoms with Crippen LogP contribution in [0.15, 0.2) is 0 Å². The van der Waals surface area contributed by atoms with Crippen LogP contribution in [-0.4, -0.2) is 49.6 Å². The molecule has 0 spiro atoms. The minimum absolute atomic E-state index is 0.182. The summed E-state index contributed by atoms with van der Waals surface area (Å²) in [5.74, 6) is 0.913. The van der Waals surface area contributed by atoms with E-state index in [1.54, 1.807) is 0 Å². The zero-order valence-corrected chi connectivity index (χ0v) is 12.9. The Kier molecular flexibility index (Phi) is 8.07. The zero-order valence-electron chi connectivity index (χ0n) is 12.9. The lowest BCUT2D eigenvalue weighted by molar-refractivity contribution is -0.121. The van der Waals surface area contributed by atoms with Crippen LogP contribution in [0.5, 0.6) is 0 Å². The summed E-state index contributed by atoms with van der Waals surface area (Å²) in [5.41, 5.74) is 0. The highest BCUT2D eigenvalue weighted by Gasteiger charge is 2.24. The molecule has 2 N–H and O–H groups in total. The van der Waals surface area contributed by atoms with Crippen LogP contribution in [0.1, 0.15) is 46.5 Å². The summed E-state index contributed by atoms with van der Waals surface area (Å²) in [6, 6.07) is 0.590. The zero-order chi connectivity index (χ0) is 14.1. The summed E-state index contributed by atoms with van der Waals surface area (Å²) < 4.78 is 0. The van der Waals surface area contributed by atoms with Gasteiger partial charge in [0.2, 0.25) is 5.91 Å². The maximum absolute atomic E-state index is 11.5. The molecule has 4 heteroatoms. The molecule has 0 aromatic carbocycles. The van der Waals surface area contributed by atoms with Crippen molar-refractivity contribution in [3.63, 3.8) is 0 Å². The van der Waals surface area contributed by atoms with E-state index in [1.165, 1.54) is 19.3 Å². The first kappa shape index (κ1) is 16.4. The van der Waals surface area contributed by atoms with Crippen LogP contribution in [0.4, 0.5) is 0 Å². The number of amides is 1. The minimum Gasteiger partial charge on any atom is -0.356 e. The average molecular weight is 269 g/mol. The third-order valence-corrected chi connectivity index (χ3v) is 3.99. The summed E-state index contributed by atoms with van der Waals surface area (Å²) in [7, 11) is 0. The van der Waals surface area contributed by atoms with E-state index in [1.807, 2.05) is 6.92 Å². The molecule has 19 heavy (non-hydrogen) atoms. The summed E-state index contributed by atoms with van der Waals surface area (Å²) in [4.78, 5) is 13.9. The van der Waals surface area contributed by atoms with Gasteiger partial charge in [-0.2, -0.15) is 0 Å². The van der Waals surface area contributed by atoms with Gasteiger partial charge in [0.1, 0.15) is 0 Å². The summed E-state index contributed by atoms with van der Waals surface area (Å²) in [5, 5.41) is 6.47. The third kappa shape index (κ3) is 6.39. The van der Waals surface area contributed by atoms with Gasteiger partial charge in [-0.3, -0.25) is 4.79 Å². The average Bonchev–Trinajstić information content (AvgIpc) is 2.43. The summed E-state index contributed by atoms with van der Waals surface area (Å²) in [6.07, 6.45) is 4.41. The molecule has 1 aliphatic rings. The van der Waals surface area contributed by atoms with E-state index in [0.717, 1.165) is 38.6 Å². The molecule has 2 atom stereocenters. The molecule has 1 saturated heterocycles. The molecule has 112 valence electrons. The van der Waals surface area contributed by atoms with Crippen molar-refractivity contribution < 1.29 is 4.79 Å². The van der Waals surface area contributed by atoms with Crippen molar-refractivity contribution in [1.29, 1.82) is 0 Å². The highest BCUT2D eigenvalue weighted by Crippen LogP contribution is 2.19. The molecular formula is C15H31N3O. The molecule has 0 aromatic heterocycles. The Bertz CT molecular complexity index is 258. The standard InChI is InChI=1S/C15H31N3O/c1-4-9-17-13(3)14-7-6-10-18(12-14)11-8-15(19)16-5-2/h13-14,17H,4-12H2,1-3H3,(H,16,19). The van der Waals surface area contributed by atoms with Crippen molar-refractivity contribution in [1.82, 2.24) is 15.5 Å². The second-order valence-corrected chi connectivity index (χ2v) is 5.65. The monoisotopic (exact) mass is 269 g/mol. The fourth-order valence-electron chi connectivity index (χ4n) is 2.79. The van der Waals surface area contributed by atoms with Gasteiger partial charge in [0, 0.05) is 32.1 Å². The Balaban J connectivity index is 2.27. The number of hydrogen-bond donors (Lipinski definition) is 2. The lowest BCUT2D eigenvalue weighted by Crippen LogP contribution is -2.45. The predicted octanol–water partition coefficient (Wildman–Crippen LogP) is 1.61. The molecule has 1 aliphatic heterocycles. The molecule has 4 nitrogen and oxygen atoms in total. The van der Waals surface area contributed by atoms with E-state index in [4.69, 9.17) is 0 Å². The van der Waals surface area contributed by atoms with Crippen LogP contribution in [0.3, 0.4) is 0 Å². The Morgan fingerprint density at radius 3 is 2.89 bits per heavy atom. The number of carbonyl (C=O) groups is 1. The lowest BCUT2D eigenvalue weighted by atomic mass is 9.91. The molecule has 1 rings (SSSR count). The van der Waals surface area contributed by atoms with Gasteiger partial charge in [-0.15, -0.1) is 0 Å². The van der Waals surface area contributed by atoms with Crippen LogP contribution < -0.4 is 10.6 Å². The van der Waals surface area contributed by atoms with E-state index >= 15 is 0 Å². The molecule has 0 aromatic rings. The largest absolute Gasteiger partial charge is 0.356 e. The number of hydrogen-bond acceptors (Lipinski definition) is 3. The Morgan fingerprint density at radius 2 is 2.21 bits per heavy atom. The van der Waals surface area contributed by atoms with E-state index in [0.29, 0.717) is 12.5 Å². The van der Waals surface area contributed by atoms with Crippen LogP contribution in [0.2, 0.25) is 0 Å². The fourth-order valence-corrected chi connectivity index (χ4v) is 2.79. The van der Waals surface area contributed by atoms with E-state index in [-0.39, 0.29) is 5.91 Å². The Hall–Kier alpha value is -0.610. The van der Waals surface area contributed by atoms with Crippen molar-refractivity contribution in [2.45, 2.75) is 52.5 Å². The number of nitrogens with zero attached hydrogens (tertiary/aromatic N) is 1. The molecule has 0 aliphatic carbocycles. The van der Waals surface area contributed by atoms with Gasteiger partial charge in [-0.25, -0.2) is 0 Å². The summed E-state index contributed by atoms with van der Waals surface area (Å²) >= 11 is 0. The molecule has 1 amide bonds. The topological polar surface area (TPSA) is 44.4 Å². The molecule has 0 radical (unpaired) electrons. The first-order chi connectivity index (χ1) is 9.17. The van der Waals surface area contributed by atoms with Crippen molar-refractivity contribution in [2.75, 3.05) is 32.7 Å². The highest BCUT2D eigenvalue weighted by molar-refractivity contribution is 5.75. The quantitative estimate of drug-likeness (QED) is 0.704. The SMILES string of the molecule is CCCNC(C)C1CCCN(CCC(=O)NCC)C1. The molecular weight excluding hydrogens is 238 g/mol. The molecule has 2 unspecified atom stereocenters. The maximum Gasteiger partial charge on any atom is 0.221 e. The summed E-state index contributed by atoms with van der Waals surface area (Å²) in [6.45, 7) is 11.5. The van der Waals surface area contributed by atoms with Gasteiger partial charge < -0.3 is 15.5 Å². The van der Waals surface area contributed by atoms with Gasteiger partial charge in [-0.1, -0.05) is 6.92 Å². The number of rotatable bonds is 8. The minimum atomic E-state index is 0.182. The van der Waals surface area contributed by atoms with E-state index < -0.39 is 0 Å². The predicted molar refractivity (Wildman–Crippen MR) is 80.2 cm³/mol.